The molecule has 0 radical (unpaired) electrons. The molecule has 1 N–H and O–H groups in total. The van der Waals surface area contributed by atoms with Crippen LogP contribution in [0.1, 0.15) is 49.7 Å². The number of carbonyl (C=O) groups excluding carboxylic acids is 2. The molecule has 0 saturated carbocycles. The molecule has 2 aromatic carbocycles. The standard InChI is InChI=1S/C27H29NO5/c1-5-33-27(30)24-16(2)28-21-13-18(17-9-7-6-8-10-17)14-22(29)26(21)25(24)20-12-11-19(31-3)15-23(20)32-4/h6-12,15,18,25,28H,5,13-14H2,1-4H3/t18-,25-/m0/s1. The Balaban J connectivity index is 1.85. The van der Waals surface area contributed by atoms with Gasteiger partial charge in [0.15, 0.2) is 5.78 Å². The third-order valence-electron chi connectivity index (χ3n) is 6.35. The Morgan fingerprint density at radius 3 is 2.48 bits per heavy atom. The molecular formula is C27H29NO5. The Hall–Kier alpha value is -3.54. The average molecular weight is 448 g/mol. The van der Waals surface area contributed by atoms with E-state index in [2.05, 4.69) is 17.4 Å². The van der Waals surface area contributed by atoms with Crippen LogP contribution in [-0.2, 0) is 14.3 Å². The Kier molecular flexibility index (Phi) is 6.54. The predicted octanol–water partition coefficient (Wildman–Crippen LogP) is 4.63. The fourth-order valence-corrected chi connectivity index (χ4v) is 4.85. The normalized spacial score (nSPS) is 20.2. The van der Waals surface area contributed by atoms with Crippen LogP contribution in [-0.4, -0.2) is 32.6 Å². The van der Waals surface area contributed by atoms with Crippen molar-refractivity contribution in [3.63, 3.8) is 0 Å². The highest BCUT2D eigenvalue weighted by atomic mass is 16.5. The number of benzene rings is 2. The largest absolute Gasteiger partial charge is 0.497 e. The van der Waals surface area contributed by atoms with Crippen molar-refractivity contribution < 1.29 is 23.8 Å². The lowest BCUT2D eigenvalue weighted by Crippen LogP contribution is -2.36. The van der Waals surface area contributed by atoms with Crippen molar-refractivity contribution in [3.8, 4) is 11.5 Å². The van der Waals surface area contributed by atoms with E-state index < -0.39 is 11.9 Å². The minimum atomic E-state index is -0.578. The second kappa shape index (κ2) is 9.53. The van der Waals surface area contributed by atoms with E-state index in [1.807, 2.05) is 37.3 Å². The number of carbonyl (C=O) groups is 2. The van der Waals surface area contributed by atoms with Gasteiger partial charge in [-0.2, -0.15) is 0 Å². The fourth-order valence-electron chi connectivity index (χ4n) is 4.85. The first kappa shape index (κ1) is 22.6. The molecule has 1 heterocycles. The molecule has 33 heavy (non-hydrogen) atoms. The van der Waals surface area contributed by atoms with Gasteiger partial charge >= 0.3 is 5.97 Å². The summed E-state index contributed by atoms with van der Waals surface area (Å²) in [6.45, 7) is 3.88. The molecule has 1 aliphatic carbocycles. The van der Waals surface area contributed by atoms with Gasteiger partial charge in [-0.3, -0.25) is 4.79 Å². The molecule has 0 amide bonds. The quantitative estimate of drug-likeness (QED) is 0.651. The van der Waals surface area contributed by atoms with Crippen molar-refractivity contribution in [1.29, 1.82) is 0 Å². The van der Waals surface area contributed by atoms with Crippen LogP contribution in [0.15, 0.2) is 71.1 Å². The zero-order valence-corrected chi connectivity index (χ0v) is 19.4. The molecule has 0 spiro atoms. The van der Waals surface area contributed by atoms with Crippen LogP contribution in [0.5, 0.6) is 11.5 Å². The number of methoxy groups -OCH3 is 2. The Morgan fingerprint density at radius 1 is 1.06 bits per heavy atom. The van der Waals surface area contributed by atoms with Gasteiger partial charge in [0.25, 0.3) is 0 Å². The summed E-state index contributed by atoms with van der Waals surface area (Å²) in [7, 11) is 3.16. The highest BCUT2D eigenvalue weighted by molar-refractivity contribution is 6.04. The highest BCUT2D eigenvalue weighted by Gasteiger charge is 2.42. The first-order valence-electron chi connectivity index (χ1n) is 11.2. The lowest BCUT2D eigenvalue weighted by molar-refractivity contribution is -0.138. The van der Waals surface area contributed by atoms with E-state index in [-0.39, 0.29) is 18.3 Å². The topological polar surface area (TPSA) is 73.9 Å². The molecule has 0 fully saturated rings. The van der Waals surface area contributed by atoms with Crippen LogP contribution in [0.3, 0.4) is 0 Å². The summed E-state index contributed by atoms with van der Waals surface area (Å²) in [6.07, 6.45) is 1.07. The number of Topliss-reactive ketones (excluding diaryl/α,β-unsaturated/α-hetero) is 1. The second-order valence-corrected chi connectivity index (χ2v) is 8.26. The summed E-state index contributed by atoms with van der Waals surface area (Å²) in [6, 6.07) is 15.5. The van der Waals surface area contributed by atoms with Crippen LogP contribution in [0.2, 0.25) is 0 Å². The van der Waals surface area contributed by atoms with E-state index >= 15 is 0 Å². The van der Waals surface area contributed by atoms with E-state index in [1.165, 1.54) is 0 Å². The van der Waals surface area contributed by atoms with Gasteiger partial charge in [0.2, 0.25) is 0 Å². The van der Waals surface area contributed by atoms with Gasteiger partial charge in [-0.25, -0.2) is 4.79 Å². The molecule has 0 unspecified atom stereocenters. The van der Waals surface area contributed by atoms with E-state index in [1.54, 1.807) is 27.2 Å². The SMILES string of the molecule is CCOC(=O)C1=C(C)NC2=C(C(=O)C[C@@H](c3ccccc3)C2)[C@H]1c1ccc(OC)cc1OC. The van der Waals surface area contributed by atoms with Gasteiger partial charge in [-0.05, 0) is 37.8 Å². The maximum absolute atomic E-state index is 13.6. The zero-order valence-electron chi connectivity index (χ0n) is 19.4. The minimum Gasteiger partial charge on any atom is -0.497 e. The molecule has 2 aliphatic rings. The number of hydrogen-bond acceptors (Lipinski definition) is 6. The van der Waals surface area contributed by atoms with Crippen molar-refractivity contribution in [2.24, 2.45) is 0 Å². The van der Waals surface area contributed by atoms with E-state index in [9.17, 15) is 9.59 Å². The van der Waals surface area contributed by atoms with Gasteiger partial charge in [-0.1, -0.05) is 36.4 Å². The van der Waals surface area contributed by atoms with Crippen molar-refractivity contribution in [2.45, 2.75) is 38.5 Å². The van der Waals surface area contributed by atoms with E-state index in [0.29, 0.717) is 41.2 Å². The number of nitrogens with one attached hydrogen (secondary N) is 1. The summed E-state index contributed by atoms with van der Waals surface area (Å²) < 4.78 is 16.4. The molecule has 172 valence electrons. The average Bonchev–Trinajstić information content (AvgIpc) is 2.83. The minimum absolute atomic E-state index is 0.0229. The van der Waals surface area contributed by atoms with Crippen LogP contribution >= 0.6 is 0 Å². The Labute approximate surface area is 194 Å². The first-order chi connectivity index (χ1) is 16.0. The number of hydrogen-bond donors (Lipinski definition) is 1. The van der Waals surface area contributed by atoms with Gasteiger partial charge < -0.3 is 19.5 Å². The van der Waals surface area contributed by atoms with Crippen LogP contribution in [0, 0.1) is 0 Å². The molecule has 2 atom stereocenters. The van der Waals surface area contributed by atoms with Crippen LogP contribution in [0.25, 0.3) is 0 Å². The lowest BCUT2D eigenvalue weighted by atomic mass is 9.71. The predicted molar refractivity (Wildman–Crippen MR) is 125 cm³/mol. The lowest BCUT2D eigenvalue weighted by Gasteiger charge is -2.37. The van der Waals surface area contributed by atoms with Crippen LogP contribution in [0.4, 0.5) is 0 Å². The van der Waals surface area contributed by atoms with Crippen molar-refractivity contribution in [1.82, 2.24) is 5.32 Å². The smallest absolute Gasteiger partial charge is 0.336 e. The number of dihydropyridines is 1. The van der Waals surface area contributed by atoms with Crippen molar-refractivity contribution in [2.75, 3.05) is 20.8 Å². The maximum atomic E-state index is 13.6. The molecule has 0 bridgehead atoms. The van der Waals surface area contributed by atoms with Crippen LogP contribution < -0.4 is 14.8 Å². The molecule has 6 heteroatoms. The summed E-state index contributed by atoms with van der Waals surface area (Å²) >= 11 is 0. The third-order valence-corrected chi connectivity index (χ3v) is 6.35. The highest BCUT2D eigenvalue weighted by Crippen LogP contribution is 2.48. The number of rotatable bonds is 6. The molecule has 6 nitrogen and oxygen atoms in total. The summed E-state index contributed by atoms with van der Waals surface area (Å²) in [4.78, 5) is 26.7. The van der Waals surface area contributed by atoms with Crippen molar-refractivity contribution in [3.05, 3.63) is 82.2 Å². The number of allylic oxidation sites excluding steroid dienone is 3. The monoisotopic (exact) mass is 447 g/mol. The molecule has 2 aromatic rings. The maximum Gasteiger partial charge on any atom is 0.336 e. The number of esters is 1. The third kappa shape index (κ3) is 4.25. The molecule has 4 rings (SSSR count). The fraction of sp³-hybridized carbons (Fsp3) is 0.333. The number of ether oxygens (including phenoxy) is 3. The first-order valence-corrected chi connectivity index (χ1v) is 11.2. The number of ketones is 1. The molecule has 0 aromatic heterocycles. The van der Waals surface area contributed by atoms with E-state index in [0.717, 1.165) is 16.8 Å². The molecule has 0 saturated heterocycles. The Morgan fingerprint density at radius 2 is 1.82 bits per heavy atom. The zero-order chi connectivity index (χ0) is 23.5. The summed E-state index contributed by atoms with van der Waals surface area (Å²) in [5.41, 5.74) is 4.46. The van der Waals surface area contributed by atoms with Gasteiger partial charge in [0.05, 0.1) is 32.3 Å². The molecular weight excluding hydrogens is 418 g/mol. The summed E-state index contributed by atoms with van der Waals surface area (Å²) in [5, 5.41) is 3.37. The van der Waals surface area contributed by atoms with E-state index in [4.69, 9.17) is 14.2 Å². The van der Waals surface area contributed by atoms with Gasteiger partial charge in [0, 0.05) is 35.0 Å². The summed E-state index contributed by atoms with van der Waals surface area (Å²) in [5.74, 6) is 0.285. The second-order valence-electron chi connectivity index (χ2n) is 8.26. The van der Waals surface area contributed by atoms with Gasteiger partial charge in [-0.15, -0.1) is 0 Å². The Bertz CT molecular complexity index is 1130. The molecule has 1 aliphatic heterocycles. The van der Waals surface area contributed by atoms with Crippen molar-refractivity contribution >= 4 is 11.8 Å². The van der Waals surface area contributed by atoms with Gasteiger partial charge in [0.1, 0.15) is 11.5 Å².